The zero-order valence-electron chi connectivity index (χ0n) is 30.4. The molecule has 1 heterocycles. The maximum Gasteiger partial charge on any atom is 0.419 e. The number of benzene rings is 2. The Morgan fingerprint density at radius 2 is 1.43 bits per heavy atom. The van der Waals surface area contributed by atoms with Gasteiger partial charge in [-0.2, -0.15) is 0 Å². The molecule has 0 amide bonds. The lowest BCUT2D eigenvalue weighted by molar-refractivity contribution is -0.162. The molecule has 0 saturated carbocycles. The van der Waals surface area contributed by atoms with Gasteiger partial charge in [0.05, 0.1) is 29.7 Å². The fourth-order valence-corrected chi connectivity index (χ4v) is 6.19. The van der Waals surface area contributed by atoms with Crippen LogP contribution in [-0.4, -0.2) is 48.5 Å². The van der Waals surface area contributed by atoms with E-state index in [0.29, 0.717) is 32.3 Å². The van der Waals surface area contributed by atoms with Crippen LogP contribution in [0.2, 0.25) is 25.7 Å². The van der Waals surface area contributed by atoms with Crippen LogP contribution in [-0.2, 0) is 30.2 Å². The third-order valence-corrected chi connectivity index (χ3v) is 9.67. The summed E-state index contributed by atoms with van der Waals surface area (Å²) in [6, 6.07) is 18.8. The molecule has 0 saturated heterocycles. The van der Waals surface area contributed by atoms with Crippen molar-refractivity contribution in [2.45, 2.75) is 124 Å². The van der Waals surface area contributed by atoms with Gasteiger partial charge in [-0.05, 0) is 96.5 Å². The van der Waals surface area contributed by atoms with Gasteiger partial charge in [0.1, 0.15) is 11.2 Å². The highest BCUT2D eigenvalue weighted by molar-refractivity contribution is 6.76. The highest BCUT2D eigenvalue weighted by atomic mass is 28.3. The first kappa shape index (κ1) is 38.1. The molecule has 0 aliphatic heterocycles. The summed E-state index contributed by atoms with van der Waals surface area (Å²) in [4.78, 5) is 40.0. The van der Waals surface area contributed by atoms with Gasteiger partial charge in [-0.3, -0.25) is 9.59 Å². The molecule has 0 unspecified atom stereocenters. The van der Waals surface area contributed by atoms with Crippen molar-refractivity contribution < 1.29 is 28.6 Å². The zero-order chi connectivity index (χ0) is 35.0. The molecule has 8 heteroatoms. The standard InChI is InChI=1S/C39H57NO6Si/c1-11-12-15-31(36(42)45-38(2,3)4)26-32(35(41)44-24-25-47(8,9)10)23-20-28-18-21-29(22-19-28)34-27-30-16-13-14-17-33(30)40(34)37(43)46-39(5,6)7/h13-14,16-19,21-22,27,31-32H,11-12,15,20,23-26H2,1-10H3/t31-,32-/m1/s1. The number of fused-ring (bicyclic) bond motifs is 1. The number of unbranched alkanes of at least 4 members (excludes halogenated alkanes) is 1. The summed E-state index contributed by atoms with van der Waals surface area (Å²) in [5.74, 6) is -1.25. The van der Waals surface area contributed by atoms with Crippen molar-refractivity contribution in [3.05, 3.63) is 60.2 Å². The molecule has 7 nitrogen and oxygen atoms in total. The van der Waals surface area contributed by atoms with Crippen LogP contribution >= 0.6 is 0 Å². The van der Waals surface area contributed by atoms with Crippen molar-refractivity contribution in [3.63, 3.8) is 0 Å². The van der Waals surface area contributed by atoms with Gasteiger partial charge in [-0.15, -0.1) is 0 Å². The number of nitrogens with zero attached hydrogens (tertiary/aromatic N) is 1. The molecule has 0 aliphatic carbocycles. The first-order chi connectivity index (χ1) is 21.9. The second-order valence-corrected chi connectivity index (χ2v) is 21.5. The largest absolute Gasteiger partial charge is 0.466 e. The molecule has 0 aliphatic rings. The lowest BCUT2D eigenvalue weighted by atomic mass is 9.86. The van der Waals surface area contributed by atoms with Crippen LogP contribution < -0.4 is 0 Å². The van der Waals surface area contributed by atoms with Crippen LogP contribution in [0, 0.1) is 11.8 Å². The average molecular weight is 664 g/mol. The summed E-state index contributed by atoms with van der Waals surface area (Å²) >= 11 is 0. The van der Waals surface area contributed by atoms with E-state index in [0.717, 1.165) is 46.6 Å². The Hall–Kier alpha value is -3.39. The van der Waals surface area contributed by atoms with Crippen molar-refractivity contribution in [1.82, 2.24) is 4.57 Å². The van der Waals surface area contributed by atoms with Gasteiger partial charge in [0.2, 0.25) is 0 Å². The molecule has 0 spiro atoms. The highest BCUT2D eigenvalue weighted by Gasteiger charge is 2.31. The maximum atomic E-state index is 13.5. The molecule has 258 valence electrons. The Balaban J connectivity index is 1.84. The van der Waals surface area contributed by atoms with E-state index in [1.807, 2.05) is 96.1 Å². The fourth-order valence-electron chi connectivity index (χ4n) is 5.47. The molecule has 1 aromatic heterocycles. The average Bonchev–Trinajstić information content (AvgIpc) is 3.34. The molecule has 0 N–H and O–H groups in total. The molecular formula is C39H57NO6Si. The van der Waals surface area contributed by atoms with Crippen molar-refractivity contribution >= 4 is 37.0 Å². The predicted molar refractivity (Wildman–Crippen MR) is 193 cm³/mol. The van der Waals surface area contributed by atoms with Gasteiger partial charge in [0, 0.05) is 13.5 Å². The summed E-state index contributed by atoms with van der Waals surface area (Å²) in [7, 11) is -1.37. The van der Waals surface area contributed by atoms with E-state index in [1.165, 1.54) is 0 Å². The van der Waals surface area contributed by atoms with Gasteiger partial charge in [-0.25, -0.2) is 9.36 Å². The normalized spacial score (nSPS) is 13.7. The number of rotatable bonds is 14. The minimum Gasteiger partial charge on any atom is -0.466 e. The molecular weight excluding hydrogens is 607 g/mol. The molecule has 3 aromatic rings. The smallest absolute Gasteiger partial charge is 0.419 e. The first-order valence-corrected chi connectivity index (χ1v) is 20.9. The van der Waals surface area contributed by atoms with E-state index < -0.39 is 31.3 Å². The third kappa shape index (κ3) is 12.3. The van der Waals surface area contributed by atoms with Gasteiger partial charge in [0.15, 0.2) is 0 Å². The Morgan fingerprint density at radius 3 is 2.02 bits per heavy atom. The van der Waals surface area contributed by atoms with Crippen LogP contribution in [0.5, 0.6) is 0 Å². The number of hydrogen-bond acceptors (Lipinski definition) is 6. The van der Waals surface area contributed by atoms with E-state index in [9.17, 15) is 14.4 Å². The minimum absolute atomic E-state index is 0.230. The number of carbonyl (C=O) groups excluding carboxylic acids is 3. The highest BCUT2D eigenvalue weighted by Crippen LogP contribution is 2.31. The van der Waals surface area contributed by atoms with E-state index in [1.54, 1.807) is 4.57 Å². The number of hydrogen-bond donors (Lipinski definition) is 0. The number of para-hydroxylation sites is 1. The number of ether oxygens (including phenoxy) is 3. The van der Waals surface area contributed by atoms with E-state index >= 15 is 0 Å². The Labute approximate surface area is 283 Å². The third-order valence-electron chi connectivity index (χ3n) is 7.96. The summed E-state index contributed by atoms with van der Waals surface area (Å²) < 4.78 is 19.0. The van der Waals surface area contributed by atoms with Gasteiger partial charge >= 0.3 is 18.0 Å². The number of aromatic nitrogens is 1. The Morgan fingerprint density at radius 1 is 0.809 bits per heavy atom. The van der Waals surface area contributed by atoms with E-state index in [4.69, 9.17) is 14.2 Å². The van der Waals surface area contributed by atoms with Gasteiger partial charge < -0.3 is 14.2 Å². The van der Waals surface area contributed by atoms with Crippen LogP contribution in [0.15, 0.2) is 54.6 Å². The Kier molecular flexibility index (Phi) is 13.1. The first-order valence-electron chi connectivity index (χ1n) is 17.2. The topological polar surface area (TPSA) is 83.8 Å². The summed E-state index contributed by atoms with van der Waals surface area (Å²) in [5, 5.41) is 0.954. The van der Waals surface area contributed by atoms with Crippen LogP contribution in [0.3, 0.4) is 0 Å². The van der Waals surface area contributed by atoms with Crippen molar-refractivity contribution in [1.29, 1.82) is 0 Å². The molecule has 0 bridgehead atoms. The number of aryl methyl sites for hydroxylation is 1. The predicted octanol–water partition coefficient (Wildman–Crippen LogP) is 10.1. The lowest BCUT2D eigenvalue weighted by Crippen LogP contribution is -2.32. The van der Waals surface area contributed by atoms with Gasteiger partial charge in [0.25, 0.3) is 0 Å². The molecule has 0 fully saturated rings. The van der Waals surface area contributed by atoms with Crippen LogP contribution in [0.4, 0.5) is 4.79 Å². The lowest BCUT2D eigenvalue weighted by Gasteiger charge is -2.26. The monoisotopic (exact) mass is 663 g/mol. The summed E-state index contributed by atoms with van der Waals surface area (Å²) in [6.07, 6.45) is 3.74. The fraction of sp³-hybridized carbons (Fsp3) is 0.564. The van der Waals surface area contributed by atoms with E-state index in [-0.39, 0.29) is 17.9 Å². The van der Waals surface area contributed by atoms with Crippen LogP contribution in [0.25, 0.3) is 22.2 Å². The van der Waals surface area contributed by atoms with E-state index in [2.05, 4.69) is 26.6 Å². The van der Waals surface area contributed by atoms with Crippen molar-refractivity contribution in [2.75, 3.05) is 6.61 Å². The second kappa shape index (κ2) is 16.1. The van der Waals surface area contributed by atoms with Gasteiger partial charge in [-0.1, -0.05) is 81.9 Å². The van der Waals surface area contributed by atoms with Crippen molar-refractivity contribution in [3.8, 4) is 11.3 Å². The number of esters is 2. The Bertz CT molecular complexity index is 1490. The van der Waals surface area contributed by atoms with Crippen LogP contribution in [0.1, 0.15) is 86.1 Å². The molecule has 2 atom stereocenters. The minimum atomic E-state index is -1.37. The molecule has 0 radical (unpaired) electrons. The SMILES string of the molecule is CCCC[C@H](C[C@@H](CCc1ccc(-c2cc3ccccc3n2C(=O)OC(C)(C)C)cc1)C(=O)OCC[Si](C)(C)C)C(=O)OC(C)(C)C. The second-order valence-electron chi connectivity index (χ2n) is 15.9. The summed E-state index contributed by atoms with van der Waals surface area (Å²) in [6.45, 7) is 20.5. The quantitative estimate of drug-likeness (QED) is 0.0970. The molecule has 2 aromatic carbocycles. The number of carbonyl (C=O) groups is 3. The van der Waals surface area contributed by atoms with Crippen molar-refractivity contribution in [2.24, 2.45) is 11.8 Å². The maximum absolute atomic E-state index is 13.5. The summed E-state index contributed by atoms with van der Waals surface area (Å²) in [5.41, 5.74) is 2.28. The molecule has 3 rings (SSSR count). The molecule has 47 heavy (non-hydrogen) atoms. The zero-order valence-corrected chi connectivity index (χ0v) is 31.4.